The predicted molar refractivity (Wildman–Crippen MR) is 64.9 cm³/mol. The number of nitrogens with zero attached hydrogens (tertiary/aromatic N) is 3. The van der Waals surface area contributed by atoms with Crippen molar-refractivity contribution in [3.05, 3.63) is 21.6 Å². The highest BCUT2D eigenvalue weighted by atomic mass is 35.5. The molecular weight excluding hydrogens is 264 g/mol. The maximum Gasteiger partial charge on any atom is 0.329 e. The molecule has 0 unspecified atom stereocenters. The Balaban J connectivity index is 2.45. The standard InChI is InChI=1S/C9H13ClN4O4/c1-17-4-5-18-3-2-11-8-7(14(15)16)6-12-9(10)13-8/h6H,2-5H2,1H3,(H,11,12,13). The van der Waals surface area contributed by atoms with Crippen LogP contribution in [0.2, 0.25) is 5.28 Å². The van der Waals surface area contributed by atoms with E-state index in [9.17, 15) is 10.1 Å². The Bertz CT molecular complexity index is 404. The number of halogens is 1. The summed E-state index contributed by atoms with van der Waals surface area (Å²) in [5, 5.41) is 13.4. The molecule has 100 valence electrons. The quantitative estimate of drug-likeness (QED) is 0.328. The Morgan fingerprint density at radius 3 is 2.94 bits per heavy atom. The van der Waals surface area contributed by atoms with Crippen molar-refractivity contribution in [2.75, 3.05) is 38.8 Å². The van der Waals surface area contributed by atoms with Gasteiger partial charge in [0, 0.05) is 13.7 Å². The number of nitrogens with one attached hydrogen (secondary N) is 1. The van der Waals surface area contributed by atoms with Crippen LogP contribution in [0.15, 0.2) is 6.20 Å². The summed E-state index contributed by atoms with van der Waals surface area (Å²) in [7, 11) is 1.58. The molecule has 0 aliphatic heterocycles. The monoisotopic (exact) mass is 276 g/mol. The normalized spacial score (nSPS) is 10.3. The zero-order valence-corrected chi connectivity index (χ0v) is 10.5. The Morgan fingerprint density at radius 1 is 1.50 bits per heavy atom. The number of methoxy groups -OCH3 is 1. The van der Waals surface area contributed by atoms with Crippen molar-refractivity contribution in [3.63, 3.8) is 0 Å². The van der Waals surface area contributed by atoms with E-state index < -0.39 is 4.92 Å². The number of nitro groups is 1. The Kier molecular flexibility index (Phi) is 6.26. The minimum Gasteiger partial charge on any atom is -0.382 e. The first-order chi connectivity index (χ1) is 8.65. The van der Waals surface area contributed by atoms with Gasteiger partial charge >= 0.3 is 5.69 Å². The maximum atomic E-state index is 10.7. The van der Waals surface area contributed by atoms with Crippen LogP contribution in [0, 0.1) is 10.1 Å². The Morgan fingerprint density at radius 2 is 2.28 bits per heavy atom. The predicted octanol–water partition coefficient (Wildman–Crippen LogP) is 1.11. The fourth-order valence-corrected chi connectivity index (χ4v) is 1.24. The molecule has 0 aliphatic carbocycles. The van der Waals surface area contributed by atoms with Gasteiger partial charge in [0.05, 0.1) is 24.7 Å². The molecule has 9 heteroatoms. The maximum absolute atomic E-state index is 10.7. The highest BCUT2D eigenvalue weighted by Gasteiger charge is 2.16. The van der Waals surface area contributed by atoms with Crippen molar-refractivity contribution in [1.82, 2.24) is 9.97 Å². The second-order valence-electron chi connectivity index (χ2n) is 3.16. The molecule has 0 saturated carbocycles. The summed E-state index contributed by atoms with van der Waals surface area (Å²) < 4.78 is 9.99. The zero-order valence-electron chi connectivity index (χ0n) is 9.76. The van der Waals surface area contributed by atoms with E-state index in [0.717, 1.165) is 6.20 Å². The second kappa shape index (κ2) is 7.75. The van der Waals surface area contributed by atoms with Gasteiger partial charge in [-0.2, -0.15) is 4.98 Å². The lowest BCUT2D eigenvalue weighted by Gasteiger charge is -2.06. The van der Waals surface area contributed by atoms with Crippen LogP contribution in [0.3, 0.4) is 0 Å². The smallest absolute Gasteiger partial charge is 0.329 e. The second-order valence-corrected chi connectivity index (χ2v) is 3.50. The Labute approximate surface area is 108 Å². The molecule has 1 rings (SSSR count). The van der Waals surface area contributed by atoms with E-state index in [4.69, 9.17) is 21.1 Å². The fraction of sp³-hybridized carbons (Fsp3) is 0.556. The highest BCUT2D eigenvalue weighted by molar-refractivity contribution is 6.28. The van der Waals surface area contributed by atoms with Crippen LogP contribution < -0.4 is 5.32 Å². The van der Waals surface area contributed by atoms with Crippen LogP contribution in [0.5, 0.6) is 0 Å². The van der Waals surface area contributed by atoms with Gasteiger partial charge in [-0.25, -0.2) is 4.98 Å². The molecule has 0 bridgehead atoms. The van der Waals surface area contributed by atoms with E-state index in [1.54, 1.807) is 7.11 Å². The zero-order chi connectivity index (χ0) is 13.4. The van der Waals surface area contributed by atoms with Gasteiger partial charge < -0.3 is 14.8 Å². The van der Waals surface area contributed by atoms with Gasteiger partial charge in [0.15, 0.2) is 0 Å². The van der Waals surface area contributed by atoms with E-state index in [1.165, 1.54) is 0 Å². The molecule has 0 spiro atoms. The van der Waals surface area contributed by atoms with Crippen molar-refractivity contribution in [3.8, 4) is 0 Å². The number of ether oxygens (including phenoxy) is 2. The fourth-order valence-electron chi connectivity index (χ4n) is 1.10. The molecule has 0 amide bonds. The van der Waals surface area contributed by atoms with Crippen molar-refractivity contribution in [2.24, 2.45) is 0 Å². The van der Waals surface area contributed by atoms with Gasteiger partial charge in [0.25, 0.3) is 0 Å². The van der Waals surface area contributed by atoms with Crippen molar-refractivity contribution in [2.45, 2.75) is 0 Å². The van der Waals surface area contributed by atoms with E-state index in [2.05, 4.69) is 15.3 Å². The molecule has 0 radical (unpaired) electrons. The third-order valence-electron chi connectivity index (χ3n) is 1.91. The average molecular weight is 277 g/mol. The molecule has 0 aromatic carbocycles. The number of rotatable bonds is 8. The number of hydrogen-bond acceptors (Lipinski definition) is 7. The molecule has 1 heterocycles. The number of aromatic nitrogens is 2. The first kappa shape index (κ1) is 14.6. The summed E-state index contributed by atoms with van der Waals surface area (Å²) in [5.74, 6) is 0.0790. The minimum atomic E-state index is -0.579. The number of hydrogen-bond donors (Lipinski definition) is 1. The van der Waals surface area contributed by atoms with Gasteiger partial charge in [-0.15, -0.1) is 0 Å². The molecule has 0 saturated heterocycles. The molecule has 1 N–H and O–H groups in total. The van der Waals surface area contributed by atoms with Crippen LogP contribution in [-0.2, 0) is 9.47 Å². The lowest BCUT2D eigenvalue weighted by Crippen LogP contribution is -2.14. The summed E-state index contributed by atoms with van der Waals surface area (Å²) in [6.45, 7) is 1.71. The van der Waals surface area contributed by atoms with Gasteiger partial charge in [-0.05, 0) is 11.6 Å². The molecule has 18 heavy (non-hydrogen) atoms. The van der Waals surface area contributed by atoms with Crippen molar-refractivity contribution in [1.29, 1.82) is 0 Å². The van der Waals surface area contributed by atoms with Crippen molar-refractivity contribution >= 4 is 23.1 Å². The summed E-state index contributed by atoms with van der Waals surface area (Å²) in [6, 6.07) is 0. The van der Waals surface area contributed by atoms with Crippen LogP contribution >= 0.6 is 11.6 Å². The molecule has 0 fully saturated rings. The Hall–Kier alpha value is -1.51. The third kappa shape index (κ3) is 4.78. The lowest BCUT2D eigenvalue weighted by atomic mass is 10.4. The van der Waals surface area contributed by atoms with E-state index in [1.807, 2.05) is 0 Å². The third-order valence-corrected chi connectivity index (χ3v) is 2.09. The van der Waals surface area contributed by atoms with Crippen LogP contribution in [0.25, 0.3) is 0 Å². The van der Waals surface area contributed by atoms with Crippen LogP contribution in [0.1, 0.15) is 0 Å². The van der Waals surface area contributed by atoms with E-state index in [-0.39, 0.29) is 16.8 Å². The minimum absolute atomic E-state index is 0.0524. The van der Waals surface area contributed by atoms with Crippen LogP contribution in [0.4, 0.5) is 11.5 Å². The summed E-state index contributed by atoms with van der Waals surface area (Å²) in [4.78, 5) is 17.4. The first-order valence-electron chi connectivity index (χ1n) is 5.12. The molecular formula is C9H13ClN4O4. The molecule has 0 atom stereocenters. The van der Waals surface area contributed by atoms with Crippen LogP contribution in [-0.4, -0.2) is 48.4 Å². The first-order valence-corrected chi connectivity index (χ1v) is 5.50. The van der Waals surface area contributed by atoms with E-state index >= 15 is 0 Å². The largest absolute Gasteiger partial charge is 0.382 e. The molecule has 1 aromatic heterocycles. The highest BCUT2D eigenvalue weighted by Crippen LogP contribution is 2.21. The van der Waals surface area contributed by atoms with Gasteiger partial charge in [-0.3, -0.25) is 10.1 Å². The van der Waals surface area contributed by atoms with Gasteiger partial charge in [-0.1, -0.05) is 0 Å². The topological polar surface area (TPSA) is 99.4 Å². The summed E-state index contributed by atoms with van der Waals surface area (Å²) in [5.41, 5.74) is -0.226. The van der Waals surface area contributed by atoms with Crippen molar-refractivity contribution < 1.29 is 14.4 Å². The number of anilines is 1. The average Bonchev–Trinajstić information content (AvgIpc) is 2.33. The van der Waals surface area contributed by atoms with Gasteiger partial charge in [0.1, 0.15) is 6.20 Å². The lowest BCUT2D eigenvalue weighted by molar-refractivity contribution is -0.384. The SMILES string of the molecule is COCCOCCNc1nc(Cl)ncc1[N+](=O)[O-]. The summed E-state index contributed by atoms with van der Waals surface area (Å²) in [6.07, 6.45) is 1.06. The molecule has 1 aromatic rings. The van der Waals surface area contributed by atoms with Gasteiger partial charge in [0.2, 0.25) is 11.1 Å². The van der Waals surface area contributed by atoms with E-state index in [0.29, 0.717) is 26.4 Å². The molecule has 0 aliphatic rings. The molecule has 8 nitrogen and oxygen atoms in total. The summed E-state index contributed by atoms with van der Waals surface area (Å²) >= 11 is 5.57.